The maximum Gasteiger partial charge on any atom is 0.335 e. The Kier molecular flexibility index (Phi) is 6.07. The third-order valence-corrected chi connectivity index (χ3v) is 4.80. The highest BCUT2D eigenvalue weighted by Crippen LogP contribution is 2.33. The molecule has 0 saturated carbocycles. The van der Waals surface area contributed by atoms with E-state index in [1.54, 1.807) is 33.0 Å². The van der Waals surface area contributed by atoms with Crippen LogP contribution in [0.1, 0.15) is 44.9 Å². The summed E-state index contributed by atoms with van der Waals surface area (Å²) in [6, 6.07) is 9.51. The molecule has 2 N–H and O–H groups in total. The standard InChI is InChI=1S/C21H19ClFN3O4/c1-11(13-4-6-14(7-5-13)21(28)29)24-19(27)18-12(2)25-26(3)20(18)30-17-9-8-15(23)10-16(17)22/h4-11H,1-3H3,(H,24,27)(H,28,29)/t11-/m0/s1. The lowest BCUT2D eigenvalue weighted by Gasteiger charge is -2.15. The summed E-state index contributed by atoms with van der Waals surface area (Å²) in [5.41, 5.74) is 1.55. The van der Waals surface area contributed by atoms with Gasteiger partial charge in [0.15, 0.2) is 0 Å². The fourth-order valence-electron chi connectivity index (χ4n) is 2.94. The van der Waals surface area contributed by atoms with Gasteiger partial charge >= 0.3 is 5.97 Å². The van der Waals surface area contributed by atoms with Crippen molar-refractivity contribution in [2.45, 2.75) is 19.9 Å². The van der Waals surface area contributed by atoms with Crippen LogP contribution in [0, 0.1) is 12.7 Å². The van der Waals surface area contributed by atoms with Crippen molar-refractivity contribution in [3.05, 3.63) is 75.7 Å². The maximum absolute atomic E-state index is 13.3. The number of ether oxygens (including phenoxy) is 1. The van der Waals surface area contributed by atoms with E-state index in [0.717, 1.165) is 11.6 Å². The van der Waals surface area contributed by atoms with Crippen LogP contribution in [0.2, 0.25) is 5.02 Å². The number of carbonyl (C=O) groups excluding carboxylic acids is 1. The molecule has 30 heavy (non-hydrogen) atoms. The third kappa shape index (κ3) is 4.44. The van der Waals surface area contributed by atoms with Gasteiger partial charge in [-0.3, -0.25) is 4.79 Å². The minimum Gasteiger partial charge on any atom is -0.478 e. The molecular formula is C21H19ClFN3O4. The Hall–Kier alpha value is -3.39. The monoisotopic (exact) mass is 431 g/mol. The summed E-state index contributed by atoms with van der Waals surface area (Å²) in [6.07, 6.45) is 0. The lowest BCUT2D eigenvalue weighted by atomic mass is 10.1. The first-order valence-electron chi connectivity index (χ1n) is 8.98. The third-order valence-electron chi connectivity index (χ3n) is 4.50. The van der Waals surface area contributed by atoms with E-state index < -0.39 is 23.7 Å². The summed E-state index contributed by atoms with van der Waals surface area (Å²) in [6.45, 7) is 3.44. The van der Waals surface area contributed by atoms with E-state index in [1.165, 1.54) is 28.9 Å². The van der Waals surface area contributed by atoms with E-state index in [-0.39, 0.29) is 27.8 Å². The van der Waals surface area contributed by atoms with Gasteiger partial charge in [0.05, 0.1) is 22.3 Å². The Bertz CT molecular complexity index is 1110. The molecular weight excluding hydrogens is 413 g/mol. The van der Waals surface area contributed by atoms with Crippen LogP contribution in [-0.4, -0.2) is 26.8 Å². The number of hydrogen-bond acceptors (Lipinski definition) is 4. The van der Waals surface area contributed by atoms with E-state index in [0.29, 0.717) is 5.69 Å². The van der Waals surface area contributed by atoms with Gasteiger partial charge in [-0.2, -0.15) is 5.10 Å². The number of aromatic carboxylic acids is 1. The predicted octanol–water partition coefficient (Wildman–Crippen LogP) is 4.50. The zero-order chi connectivity index (χ0) is 22.0. The second-order valence-electron chi connectivity index (χ2n) is 6.69. The van der Waals surface area contributed by atoms with Crippen LogP contribution in [-0.2, 0) is 7.05 Å². The van der Waals surface area contributed by atoms with E-state index in [1.807, 2.05) is 0 Å². The molecule has 1 heterocycles. The molecule has 0 fully saturated rings. The highest BCUT2D eigenvalue weighted by molar-refractivity contribution is 6.32. The Balaban J connectivity index is 1.84. The molecule has 0 bridgehead atoms. The molecule has 0 aliphatic carbocycles. The first kappa shape index (κ1) is 21.3. The minimum absolute atomic E-state index is 0.0621. The molecule has 0 aliphatic heterocycles. The molecule has 7 nitrogen and oxygen atoms in total. The van der Waals surface area contributed by atoms with Gasteiger partial charge in [-0.1, -0.05) is 23.7 Å². The fraction of sp³-hybridized carbons (Fsp3) is 0.190. The molecule has 0 aliphatic rings. The summed E-state index contributed by atoms with van der Waals surface area (Å²) in [7, 11) is 1.62. The molecule has 2 aromatic carbocycles. The van der Waals surface area contributed by atoms with Crippen LogP contribution in [0.4, 0.5) is 4.39 Å². The predicted molar refractivity (Wildman–Crippen MR) is 109 cm³/mol. The van der Waals surface area contributed by atoms with Crippen LogP contribution in [0.25, 0.3) is 0 Å². The number of carboxylic acid groups (broad SMARTS) is 1. The largest absolute Gasteiger partial charge is 0.478 e. The van der Waals surface area contributed by atoms with Crippen LogP contribution in [0.3, 0.4) is 0 Å². The molecule has 156 valence electrons. The number of aryl methyl sites for hydroxylation is 2. The molecule has 1 amide bonds. The van der Waals surface area contributed by atoms with E-state index >= 15 is 0 Å². The van der Waals surface area contributed by atoms with E-state index in [9.17, 15) is 14.0 Å². The summed E-state index contributed by atoms with van der Waals surface area (Å²) in [5, 5.41) is 16.2. The minimum atomic E-state index is -1.02. The number of nitrogens with zero attached hydrogens (tertiary/aromatic N) is 2. The van der Waals surface area contributed by atoms with Crippen molar-refractivity contribution in [1.29, 1.82) is 0 Å². The average Bonchev–Trinajstić information content (AvgIpc) is 2.97. The Morgan fingerprint density at radius 3 is 2.50 bits per heavy atom. The van der Waals surface area contributed by atoms with Crippen LogP contribution in [0.15, 0.2) is 42.5 Å². The SMILES string of the molecule is Cc1nn(C)c(Oc2ccc(F)cc2Cl)c1C(=O)N[C@@H](C)c1ccc(C(=O)O)cc1. The molecule has 1 atom stereocenters. The van der Waals surface area contributed by atoms with Crippen molar-refractivity contribution in [2.75, 3.05) is 0 Å². The van der Waals surface area contributed by atoms with Crippen molar-refractivity contribution in [3.63, 3.8) is 0 Å². The number of amides is 1. The molecule has 0 spiro atoms. The number of benzene rings is 2. The number of rotatable bonds is 6. The van der Waals surface area contributed by atoms with E-state index in [4.69, 9.17) is 21.4 Å². The van der Waals surface area contributed by atoms with Crippen molar-refractivity contribution in [1.82, 2.24) is 15.1 Å². The number of hydrogen-bond donors (Lipinski definition) is 2. The maximum atomic E-state index is 13.3. The first-order chi connectivity index (χ1) is 14.2. The van der Waals surface area contributed by atoms with Gasteiger partial charge in [-0.25, -0.2) is 13.9 Å². The molecule has 0 unspecified atom stereocenters. The smallest absolute Gasteiger partial charge is 0.335 e. The Labute approximate surface area is 177 Å². The quantitative estimate of drug-likeness (QED) is 0.599. The second-order valence-corrected chi connectivity index (χ2v) is 7.10. The zero-order valence-electron chi connectivity index (χ0n) is 16.4. The van der Waals surface area contributed by atoms with Crippen molar-refractivity contribution >= 4 is 23.5 Å². The average molecular weight is 432 g/mol. The summed E-state index contributed by atoms with van der Waals surface area (Å²) in [4.78, 5) is 23.9. The topological polar surface area (TPSA) is 93.5 Å². The highest BCUT2D eigenvalue weighted by Gasteiger charge is 2.24. The number of carboxylic acids is 1. The summed E-state index contributed by atoms with van der Waals surface area (Å²) < 4.78 is 20.5. The zero-order valence-corrected chi connectivity index (χ0v) is 17.2. The molecule has 0 saturated heterocycles. The van der Waals surface area contributed by atoms with Crippen molar-refractivity contribution in [2.24, 2.45) is 7.05 Å². The Morgan fingerprint density at radius 2 is 1.90 bits per heavy atom. The fourth-order valence-corrected chi connectivity index (χ4v) is 3.15. The lowest BCUT2D eigenvalue weighted by molar-refractivity contribution is 0.0696. The normalized spacial score (nSPS) is 11.8. The number of carbonyl (C=O) groups is 2. The summed E-state index contributed by atoms with van der Waals surface area (Å²) >= 11 is 6.03. The number of halogens is 2. The molecule has 0 radical (unpaired) electrons. The van der Waals surface area contributed by atoms with Gasteiger partial charge in [-0.15, -0.1) is 0 Å². The van der Waals surface area contributed by atoms with Crippen molar-refractivity contribution in [3.8, 4) is 11.6 Å². The second kappa shape index (κ2) is 8.54. The first-order valence-corrected chi connectivity index (χ1v) is 9.35. The molecule has 1 aromatic heterocycles. The molecule has 9 heteroatoms. The van der Waals surface area contributed by atoms with Gasteiger partial charge in [0.1, 0.15) is 17.1 Å². The number of aromatic nitrogens is 2. The summed E-state index contributed by atoms with van der Waals surface area (Å²) in [5.74, 6) is -1.61. The molecule has 3 aromatic rings. The van der Waals surface area contributed by atoms with Gasteiger partial charge < -0.3 is 15.2 Å². The Morgan fingerprint density at radius 1 is 1.23 bits per heavy atom. The lowest BCUT2D eigenvalue weighted by Crippen LogP contribution is -2.27. The van der Waals surface area contributed by atoms with Gasteiger partial charge in [0, 0.05) is 7.05 Å². The van der Waals surface area contributed by atoms with Gasteiger partial charge in [0.2, 0.25) is 5.88 Å². The van der Waals surface area contributed by atoms with Crippen LogP contribution < -0.4 is 10.1 Å². The van der Waals surface area contributed by atoms with Crippen LogP contribution in [0.5, 0.6) is 11.6 Å². The van der Waals surface area contributed by atoms with E-state index in [2.05, 4.69) is 10.4 Å². The van der Waals surface area contributed by atoms with Gasteiger partial charge in [-0.05, 0) is 49.7 Å². The van der Waals surface area contributed by atoms with Crippen LogP contribution >= 0.6 is 11.6 Å². The number of nitrogens with one attached hydrogen (secondary N) is 1. The van der Waals surface area contributed by atoms with Gasteiger partial charge in [0.25, 0.3) is 5.91 Å². The van der Waals surface area contributed by atoms with Crippen molar-refractivity contribution < 1.29 is 23.8 Å². The molecule has 3 rings (SSSR count). The highest BCUT2D eigenvalue weighted by atomic mass is 35.5.